The van der Waals surface area contributed by atoms with E-state index in [1.807, 2.05) is 6.08 Å². The van der Waals surface area contributed by atoms with Gasteiger partial charge in [0.05, 0.1) is 0 Å². The molecule has 0 bridgehead atoms. The summed E-state index contributed by atoms with van der Waals surface area (Å²) in [4.78, 5) is 0. The third-order valence-corrected chi connectivity index (χ3v) is 4.83. The molecule has 1 N–H and O–H groups in total. The number of rotatable bonds is 19. The van der Waals surface area contributed by atoms with Crippen LogP contribution in [0.15, 0.2) is 24.5 Å². The Bertz CT molecular complexity index is 441. The molecule has 0 amide bonds. The van der Waals surface area contributed by atoms with Gasteiger partial charge in [0.25, 0.3) is 0 Å². The minimum absolute atomic E-state index is 0.957. The molecular formula is C21H40O4S. The molecule has 4 nitrogen and oxygen atoms in total. The topological polar surface area (TPSA) is 63.6 Å². The van der Waals surface area contributed by atoms with E-state index >= 15 is 0 Å². The van der Waals surface area contributed by atoms with Crippen LogP contribution in [0.3, 0.4) is 0 Å². The fraction of sp³-hybridized carbons (Fsp3) is 0.810. The molecule has 154 valence electrons. The van der Waals surface area contributed by atoms with Gasteiger partial charge in [-0.25, -0.2) is 0 Å². The Labute approximate surface area is 162 Å². The summed E-state index contributed by atoms with van der Waals surface area (Å²) in [5.74, 6) is 0. The first-order valence-electron chi connectivity index (χ1n) is 10.5. The van der Waals surface area contributed by atoms with Crippen LogP contribution in [0.1, 0.15) is 110 Å². The lowest BCUT2D eigenvalue weighted by atomic mass is 10.0. The summed E-state index contributed by atoms with van der Waals surface area (Å²) in [6.07, 6.45) is 27.6. The minimum Gasteiger partial charge on any atom is -0.370 e. The van der Waals surface area contributed by atoms with Crippen molar-refractivity contribution in [2.45, 2.75) is 110 Å². The van der Waals surface area contributed by atoms with Crippen molar-refractivity contribution in [1.29, 1.82) is 0 Å². The van der Waals surface area contributed by atoms with Gasteiger partial charge in [0, 0.05) is 0 Å². The van der Waals surface area contributed by atoms with Gasteiger partial charge in [0.1, 0.15) is 6.26 Å². The predicted molar refractivity (Wildman–Crippen MR) is 110 cm³/mol. The van der Waals surface area contributed by atoms with Crippen LogP contribution < -0.4 is 0 Å². The molecule has 0 aliphatic heterocycles. The monoisotopic (exact) mass is 388 g/mol. The van der Waals surface area contributed by atoms with Crippen LogP contribution >= 0.6 is 0 Å². The standard InChI is InChI=1S/C21H40O4S/c1-2-3-4-5-6-7-8-9-10-11-12-13-14-15-16-17-18-19-20-21-25-26(22,23)24/h18-21H,2-17H2,1H3,(H,22,23,24). The Hall–Kier alpha value is -0.810. The second-order valence-electron chi connectivity index (χ2n) is 7.02. The number of allylic oxidation sites excluding steroid dienone is 3. The van der Waals surface area contributed by atoms with Crippen molar-refractivity contribution in [3.8, 4) is 0 Å². The summed E-state index contributed by atoms with van der Waals surface area (Å²) in [5, 5.41) is 0. The zero-order valence-electron chi connectivity index (χ0n) is 16.7. The average molecular weight is 389 g/mol. The summed E-state index contributed by atoms with van der Waals surface area (Å²) in [6, 6.07) is 0. The number of hydrogen-bond acceptors (Lipinski definition) is 3. The second kappa shape index (κ2) is 19.0. The van der Waals surface area contributed by atoms with Crippen molar-refractivity contribution in [3.63, 3.8) is 0 Å². The fourth-order valence-corrected chi connectivity index (χ4v) is 3.16. The van der Waals surface area contributed by atoms with Gasteiger partial charge in [0.15, 0.2) is 0 Å². The maximum absolute atomic E-state index is 10.3. The first-order chi connectivity index (χ1) is 12.6. The predicted octanol–water partition coefficient (Wildman–Crippen LogP) is 7.14. The van der Waals surface area contributed by atoms with E-state index in [1.165, 1.54) is 96.0 Å². The van der Waals surface area contributed by atoms with E-state index in [2.05, 4.69) is 11.1 Å². The molecule has 26 heavy (non-hydrogen) atoms. The first kappa shape index (κ1) is 25.2. The van der Waals surface area contributed by atoms with Crippen LogP contribution in [0.25, 0.3) is 0 Å². The van der Waals surface area contributed by atoms with Gasteiger partial charge in [-0.3, -0.25) is 4.55 Å². The van der Waals surface area contributed by atoms with E-state index < -0.39 is 10.4 Å². The zero-order valence-corrected chi connectivity index (χ0v) is 17.5. The number of hydrogen-bond donors (Lipinski definition) is 1. The highest BCUT2D eigenvalue weighted by Crippen LogP contribution is 2.13. The highest BCUT2D eigenvalue weighted by molar-refractivity contribution is 7.81. The maximum Gasteiger partial charge on any atom is 0.445 e. The lowest BCUT2D eigenvalue weighted by Gasteiger charge is -2.03. The Morgan fingerprint density at radius 1 is 0.692 bits per heavy atom. The molecule has 0 fully saturated rings. The molecule has 0 aromatic heterocycles. The van der Waals surface area contributed by atoms with Gasteiger partial charge in [-0.15, -0.1) is 0 Å². The van der Waals surface area contributed by atoms with Crippen molar-refractivity contribution in [2.75, 3.05) is 0 Å². The van der Waals surface area contributed by atoms with Crippen LogP contribution in [-0.2, 0) is 14.6 Å². The number of unbranched alkanes of at least 4 members (excludes halogenated alkanes) is 15. The molecule has 0 saturated heterocycles. The van der Waals surface area contributed by atoms with Crippen molar-refractivity contribution in [3.05, 3.63) is 24.5 Å². The Balaban J connectivity index is 3.18. The second-order valence-corrected chi connectivity index (χ2v) is 8.07. The van der Waals surface area contributed by atoms with Gasteiger partial charge in [-0.1, -0.05) is 109 Å². The molecule has 0 aliphatic carbocycles. The Morgan fingerprint density at radius 2 is 1.12 bits per heavy atom. The van der Waals surface area contributed by atoms with Crippen LogP contribution in [-0.4, -0.2) is 13.0 Å². The summed E-state index contributed by atoms with van der Waals surface area (Å²) in [5.41, 5.74) is 0. The minimum atomic E-state index is -4.37. The largest absolute Gasteiger partial charge is 0.445 e. The molecule has 0 aromatic carbocycles. The quantitative estimate of drug-likeness (QED) is 0.111. The molecule has 0 unspecified atom stereocenters. The van der Waals surface area contributed by atoms with Crippen molar-refractivity contribution >= 4 is 10.4 Å². The Morgan fingerprint density at radius 3 is 1.54 bits per heavy atom. The lowest BCUT2D eigenvalue weighted by molar-refractivity contribution is 0.356. The Kier molecular flexibility index (Phi) is 18.4. The summed E-state index contributed by atoms with van der Waals surface area (Å²) >= 11 is 0. The summed E-state index contributed by atoms with van der Waals surface area (Å²) in [6.45, 7) is 2.27. The molecule has 0 aliphatic rings. The first-order valence-corrected chi connectivity index (χ1v) is 11.9. The van der Waals surface area contributed by atoms with Crippen molar-refractivity contribution < 1.29 is 17.2 Å². The van der Waals surface area contributed by atoms with Crippen molar-refractivity contribution in [1.82, 2.24) is 0 Å². The van der Waals surface area contributed by atoms with Crippen LogP contribution in [0.4, 0.5) is 0 Å². The van der Waals surface area contributed by atoms with Gasteiger partial charge in [-0.05, 0) is 18.9 Å². The smallest absolute Gasteiger partial charge is 0.370 e. The van der Waals surface area contributed by atoms with Gasteiger partial charge in [0.2, 0.25) is 0 Å². The molecule has 0 atom stereocenters. The van der Waals surface area contributed by atoms with Gasteiger partial charge >= 0.3 is 10.4 Å². The highest BCUT2D eigenvalue weighted by atomic mass is 32.3. The van der Waals surface area contributed by atoms with E-state index in [1.54, 1.807) is 6.08 Å². The van der Waals surface area contributed by atoms with Crippen molar-refractivity contribution in [2.24, 2.45) is 0 Å². The van der Waals surface area contributed by atoms with Gasteiger partial charge < -0.3 is 4.18 Å². The van der Waals surface area contributed by atoms with E-state index in [4.69, 9.17) is 4.55 Å². The molecule has 0 radical (unpaired) electrons. The zero-order chi connectivity index (χ0) is 19.3. The molecular weight excluding hydrogens is 348 g/mol. The van der Waals surface area contributed by atoms with E-state index in [9.17, 15) is 8.42 Å². The molecule has 0 rings (SSSR count). The molecule has 5 heteroatoms. The van der Waals surface area contributed by atoms with Crippen LogP contribution in [0, 0.1) is 0 Å². The summed E-state index contributed by atoms with van der Waals surface area (Å²) < 4.78 is 33.0. The lowest BCUT2D eigenvalue weighted by Crippen LogP contribution is -1.96. The van der Waals surface area contributed by atoms with E-state index in [-0.39, 0.29) is 0 Å². The maximum atomic E-state index is 10.3. The van der Waals surface area contributed by atoms with E-state index in [0.29, 0.717) is 0 Å². The molecule has 0 spiro atoms. The average Bonchev–Trinajstić information content (AvgIpc) is 2.59. The normalized spacial score (nSPS) is 12.4. The highest BCUT2D eigenvalue weighted by Gasteiger charge is 1.97. The SMILES string of the molecule is CCCCCCCCCCCCCCCCCC=CC=COS(=O)(=O)O. The molecule has 0 heterocycles. The summed E-state index contributed by atoms with van der Waals surface area (Å²) in [7, 11) is -4.37. The van der Waals surface area contributed by atoms with Crippen LogP contribution in [0.5, 0.6) is 0 Å². The third kappa shape index (κ3) is 23.2. The fourth-order valence-electron chi connectivity index (χ4n) is 2.96. The van der Waals surface area contributed by atoms with Gasteiger partial charge in [-0.2, -0.15) is 8.42 Å². The molecule has 0 aromatic rings. The third-order valence-electron chi connectivity index (χ3n) is 4.48. The van der Waals surface area contributed by atoms with Crippen LogP contribution in [0.2, 0.25) is 0 Å². The molecule has 0 saturated carbocycles. The van der Waals surface area contributed by atoms with E-state index in [0.717, 1.165) is 19.1 Å².